The topological polar surface area (TPSA) is 153 Å². The molecule has 3 aromatic heterocycles. The van der Waals surface area contributed by atoms with E-state index in [1.807, 2.05) is 6.07 Å². The number of aromatic nitrogens is 3. The van der Waals surface area contributed by atoms with Crippen LogP contribution in [0.3, 0.4) is 0 Å². The molecule has 0 aliphatic heterocycles. The van der Waals surface area contributed by atoms with E-state index in [1.54, 1.807) is 36.6 Å². The average molecular weight is 706 g/mol. The third-order valence-electron chi connectivity index (χ3n) is 7.32. The maximum Gasteiger partial charge on any atom is 0.573 e. The molecule has 0 fully saturated rings. The van der Waals surface area contributed by atoms with Gasteiger partial charge in [0.1, 0.15) is 22.9 Å². The van der Waals surface area contributed by atoms with Crippen LogP contribution in [0.4, 0.5) is 13.2 Å². The van der Waals surface area contributed by atoms with Gasteiger partial charge in [0, 0.05) is 30.6 Å². The third-order valence-corrected chi connectivity index (χ3v) is 8.48. The smallest absolute Gasteiger partial charge is 0.444 e. The molecule has 5 rings (SSSR count). The Labute approximate surface area is 278 Å². The van der Waals surface area contributed by atoms with Gasteiger partial charge >= 0.3 is 18.0 Å². The summed E-state index contributed by atoms with van der Waals surface area (Å²) >= 11 is 7.07. The van der Waals surface area contributed by atoms with Crippen molar-refractivity contribution in [2.45, 2.75) is 38.9 Å². The number of carbonyl (C=O) groups is 2. The van der Waals surface area contributed by atoms with Crippen molar-refractivity contribution in [1.82, 2.24) is 13.7 Å². The number of nitrogens with two attached hydrogens (primary N) is 1. The quantitative estimate of drug-likeness (QED) is 0.226. The second kappa shape index (κ2) is 13.7. The van der Waals surface area contributed by atoms with Crippen LogP contribution in [0.5, 0.6) is 5.75 Å². The van der Waals surface area contributed by atoms with Gasteiger partial charge in [0.2, 0.25) is 5.71 Å². The predicted molar refractivity (Wildman–Crippen MR) is 169 cm³/mol. The predicted octanol–water partition coefficient (Wildman–Crippen LogP) is 3.96. The fourth-order valence-electron chi connectivity index (χ4n) is 4.92. The summed E-state index contributed by atoms with van der Waals surface area (Å²) in [5.41, 5.74) is 6.48. The Bertz CT molecular complexity index is 2220. The zero-order chi connectivity index (χ0) is 34.9. The second-order valence-electron chi connectivity index (χ2n) is 10.6. The van der Waals surface area contributed by atoms with Crippen LogP contribution in [0.1, 0.15) is 16.9 Å². The SMILES string of the molecule is Cc1oc2c(c1CC(=O)/N=c1\scc(-c3ccc(OC(F)(F)F)c(Cl)c3)n1COC(=O)[C@@H](N)Cc1ccccc1)c(=O)n(C)c(=O)n2C. The van der Waals surface area contributed by atoms with Crippen LogP contribution in [0.2, 0.25) is 5.02 Å². The number of esters is 1. The molecule has 17 heteroatoms. The molecular weight excluding hydrogens is 679 g/mol. The molecule has 0 aliphatic rings. The highest BCUT2D eigenvalue weighted by atomic mass is 35.5. The molecule has 2 aromatic carbocycles. The lowest BCUT2D eigenvalue weighted by Crippen LogP contribution is -2.36. The van der Waals surface area contributed by atoms with E-state index in [0.717, 1.165) is 32.1 Å². The van der Waals surface area contributed by atoms with Gasteiger partial charge in [0.05, 0.1) is 17.1 Å². The summed E-state index contributed by atoms with van der Waals surface area (Å²) in [6.45, 7) is 1.07. The number of ether oxygens (including phenoxy) is 2. The summed E-state index contributed by atoms with van der Waals surface area (Å²) in [5.74, 6) is -1.85. The van der Waals surface area contributed by atoms with Crippen LogP contribution in [0.15, 0.2) is 72.9 Å². The van der Waals surface area contributed by atoms with E-state index in [4.69, 9.17) is 26.5 Å². The number of nitrogens with zero attached hydrogens (tertiary/aromatic N) is 4. The van der Waals surface area contributed by atoms with Gasteiger partial charge in [-0.1, -0.05) is 41.9 Å². The Hall–Kier alpha value is -4.93. The van der Waals surface area contributed by atoms with Crippen molar-refractivity contribution in [1.29, 1.82) is 0 Å². The first-order valence-corrected chi connectivity index (χ1v) is 15.4. The molecule has 0 radical (unpaired) electrons. The van der Waals surface area contributed by atoms with E-state index in [1.165, 1.54) is 30.8 Å². The first-order valence-electron chi connectivity index (χ1n) is 14.1. The number of rotatable bonds is 9. The fourth-order valence-corrected chi connectivity index (χ4v) is 6.06. The maximum atomic E-state index is 13.3. The van der Waals surface area contributed by atoms with Gasteiger partial charge in [-0.05, 0) is 37.1 Å². The zero-order valence-corrected chi connectivity index (χ0v) is 27.1. The number of aryl methyl sites for hydroxylation is 2. The average Bonchev–Trinajstić information content (AvgIpc) is 3.58. The molecule has 48 heavy (non-hydrogen) atoms. The highest BCUT2D eigenvalue weighted by Gasteiger charge is 2.32. The number of amides is 1. The fraction of sp³-hybridized carbons (Fsp3) is 0.258. The zero-order valence-electron chi connectivity index (χ0n) is 25.5. The molecule has 3 heterocycles. The Morgan fingerprint density at radius 2 is 1.81 bits per heavy atom. The molecule has 252 valence electrons. The molecule has 0 spiro atoms. The Balaban J connectivity index is 1.50. The summed E-state index contributed by atoms with van der Waals surface area (Å²) in [6, 6.07) is 11.6. The van der Waals surface area contributed by atoms with Crippen molar-refractivity contribution in [3.8, 4) is 17.0 Å². The number of furan rings is 1. The molecule has 0 unspecified atom stereocenters. The highest BCUT2D eigenvalue weighted by molar-refractivity contribution is 7.07. The third kappa shape index (κ3) is 7.30. The lowest BCUT2D eigenvalue weighted by molar-refractivity contribution is -0.274. The van der Waals surface area contributed by atoms with E-state index >= 15 is 0 Å². The Kier molecular flexibility index (Phi) is 9.79. The number of benzene rings is 2. The molecule has 1 atom stereocenters. The monoisotopic (exact) mass is 705 g/mol. The van der Waals surface area contributed by atoms with Crippen LogP contribution in [0, 0.1) is 6.92 Å². The van der Waals surface area contributed by atoms with Crippen molar-refractivity contribution in [2.75, 3.05) is 0 Å². The molecule has 0 saturated heterocycles. The molecular formula is C31H27ClF3N5O7S. The van der Waals surface area contributed by atoms with E-state index in [0.29, 0.717) is 11.3 Å². The van der Waals surface area contributed by atoms with Crippen molar-refractivity contribution in [2.24, 2.45) is 24.8 Å². The lowest BCUT2D eigenvalue weighted by Gasteiger charge is -2.15. The maximum absolute atomic E-state index is 13.3. The molecule has 2 N–H and O–H groups in total. The van der Waals surface area contributed by atoms with Gasteiger partial charge in [-0.25, -0.2) is 4.79 Å². The van der Waals surface area contributed by atoms with Gasteiger partial charge in [-0.3, -0.25) is 28.1 Å². The molecule has 1 amide bonds. The van der Waals surface area contributed by atoms with Gasteiger partial charge in [0.15, 0.2) is 11.5 Å². The molecule has 5 aromatic rings. The number of halogens is 4. The number of carbonyl (C=O) groups excluding carboxylic acids is 2. The first kappa shape index (κ1) is 34.4. The minimum atomic E-state index is -4.97. The largest absolute Gasteiger partial charge is 0.573 e. The van der Waals surface area contributed by atoms with E-state index in [-0.39, 0.29) is 45.1 Å². The minimum absolute atomic E-state index is 0.00505. The summed E-state index contributed by atoms with van der Waals surface area (Å²) in [7, 11) is 2.74. The van der Waals surface area contributed by atoms with Crippen molar-refractivity contribution in [3.05, 3.63) is 101 Å². The van der Waals surface area contributed by atoms with E-state index in [9.17, 15) is 32.3 Å². The van der Waals surface area contributed by atoms with E-state index in [2.05, 4.69) is 9.73 Å². The summed E-state index contributed by atoms with van der Waals surface area (Å²) < 4.78 is 57.0. The van der Waals surface area contributed by atoms with Crippen LogP contribution < -0.4 is 26.5 Å². The van der Waals surface area contributed by atoms with Gasteiger partial charge in [0.25, 0.3) is 11.5 Å². The number of hydrogen-bond donors (Lipinski definition) is 1. The van der Waals surface area contributed by atoms with Crippen LogP contribution in [-0.4, -0.2) is 38.0 Å². The normalized spacial score (nSPS) is 12.8. The number of alkyl halides is 3. The van der Waals surface area contributed by atoms with Crippen molar-refractivity contribution in [3.63, 3.8) is 0 Å². The highest BCUT2D eigenvalue weighted by Crippen LogP contribution is 2.34. The number of hydrogen-bond acceptors (Lipinski definition) is 9. The minimum Gasteiger partial charge on any atom is -0.444 e. The number of fused-ring (bicyclic) bond motifs is 1. The summed E-state index contributed by atoms with van der Waals surface area (Å²) in [4.78, 5) is 55.8. The first-order chi connectivity index (χ1) is 22.6. The van der Waals surface area contributed by atoms with Crippen LogP contribution >= 0.6 is 22.9 Å². The van der Waals surface area contributed by atoms with Gasteiger partial charge < -0.3 is 19.6 Å². The summed E-state index contributed by atoms with van der Waals surface area (Å²) in [5, 5.41) is 1.25. The standard InChI is InChI=1S/C31H27ClF3N5O7S/c1-16-19(25-26(42)38(2)30(44)39(3)27(25)46-16)13-24(41)37-29-40(15-45-28(43)21(36)11-17-7-5-4-6-8-17)22(14-48-29)18-9-10-23(20(32)12-18)47-31(33,34)35/h4-10,12,14,21H,11,13,15,36H2,1-3H3/b37-29-/t21-/m0/s1. The Morgan fingerprint density at radius 1 is 1.10 bits per heavy atom. The van der Waals surface area contributed by atoms with Crippen LogP contribution in [0.25, 0.3) is 22.4 Å². The molecule has 0 saturated carbocycles. The van der Waals surface area contributed by atoms with Crippen molar-refractivity contribution < 1.29 is 36.7 Å². The lowest BCUT2D eigenvalue weighted by atomic mass is 10.1. The summed E-state index contributed by atoms with van der Waals surface area (Å²) in [6.07, 6.45) is -5.16. The van der Waals surface area contributed by atoms with Gasteiger partial charge in [-0.15, -0.1) is 24.5 Å². The second-order valence-corrected chi connectivity index (χ2v) is 11.9. The van der Waals surface area contributed by atoms with Crippen molar-refractivity contribution >= 4 is 45.9 Å². The van der Waals surface area contributed by atoms with Crippen LogP contribution in [-0.2, 0) is 48.0 Å². The molecule has 12 nitrogen and oxygen atoms in total. The number of thiazole rings is 1. The van der Waals surface area contributed by atoms with E-state index < -0.39 is 48.0 Å². The van der Waals surface area contributed by atoms with Gasteiger partial charge in [-0.2, -0.15) is 4.99 Å². The Morgan fingerprint density at radius 3 is 2.48 bits per heavy atom. The molecule has 0 bridgehead atoms. The molecule has 0 aliphatic carbocycles.